The van der Waals surface area contributed by atoms with Crippen molar-refractivity contribution in [3.05, 3.63) is 70.8 Å². The van der Waals surface area contributed by atoms with Crippen molar-refractivity contribution >= 4 is 0 Å². The molecule has 0 aromatic heterocycles. The van der Waals surface area contributed by atoms with E-state index in [4.69, 9.17) is 0 Å². The van der Waals surface area contributed by atoms with Crippen molar-refractivity contribution in [2.45, 2.75) is 187 Å². The average Bonchev–Trinajstić information content (AvgIpc) is 3.25. The van der Waals surface area contributed by atoms with Gasteiger partial charge in [-0.1, -0.05) is 121 Å². The number of rotatable bonds is 11. The summed E-state index contributed by atoms with van der Waals surface area (Å²) in [6.07, 6.45) is 25.1. The lowest BCUT2D eigenvalue weighted by molar-refractivity contribution is -0.138. The second-order valence-corrected chi connectivity index (χ2v) is 18.8. The molecule has 0 atom stereocenters. The van der Waals surface area contributed by atoms with E-state index in [-0.39, 0.29) is 0 Å². The van der Waals surface area contributed by atoms with Gasteiger partial charge in [-0.2, -0.15) is 26.3 Å². The van der Waals surface area contributed by atoms with Gasteiger partial charge in [0.05, 0.1) is 11.1 Å². The molecule has 4 aliphatic rings. The van der Waals surface area contributed by atoms with E-state index in [9.17, 15) is 26.3 Å². The molecule has 326 valence electrons. The standard InChI is InChI=1S/C27H37F3.C26H35F3/c1-2-3-4-5-6-21-9-15-24(16-10-21)25-17-11-22(12-18-25)7-8-23-13-19-26(20-14-23)27(28,29)30;1-2-3-4-5-20-8-14-23(15-9-20)24-16-10-21(11-17-24)6-7-22-12-18-25(19-13-22)26(27,28)29/h13-14,19-22,24-25H,2-6,9-12,15-18H2,1H3;12-13,18-21,23-24H,2-5,8-11,14-17H2,1H3/t21-,22?,24-,25?;20-,21?,23-,24?. The average molecular weight is 823 g/mol. The van der Waals surface area contributed by atoms with Gasteiger partial charge in [0.1, 0.15) is 0 Å². The van der Waals surface area contributed by atoms with Crippen LogP contribution in [0.25, 0.3) is 0 Å². The Hall–Kier alpha value is -2.86. The van der Waals surface area contributed by atoms with Crippen LogP contribution >= 0.6 is 0 Å². The Morgan fingerprint density at radius 1 is 0.407 bits per heavy atom. The summed E-state index contributed by atoms with van der Waals surface area (Å²) >= 11 is 0. The first-order chi connectivity index (χ1) is 28.4. The van der Waals surface area contributed by atoms with Crippen LogP contribution in [0.15, 0.2) is 48.5 Å². The summed E-state index contributed by atoms with van der Waals surface area (Å²) in [7, 11) is 0. The molecule has 0 aliphatic heterocycles. The highest BCUT2D eigenvalue weighted by molar-refractivity contribution is 5.38. The maximum Gasteiger partial charge on any atom is 0.416 e. The highest BCUT2D eigenvalue weighted by atomic mass is 19.4. The maximum atomic E-state index is 12.7. The van der Waals surface area contributed by atoms with Gasteiger partial charge in [-0.15, -0.1) is 0 Å². The summed E-state index contributed by atoms with van der Waals surface area (Å²) in [5.74, 6) is 19.2. The van der Waals surface area contributed by atoms with E-state index in [0.29, 0.717) is 23.0 Å². The van der Waals surface area contributed by atoms with Crippen molar-refractivity contribution in [2.75, 3.05) is 0 Å². The van der Waals surface area contributed by atoms with Gasteiger partial charge in [0.2, 0.25) is 0 Å². The highest BCUT2D eigenvalue weighted by Gasteiger charge is 2.33. The molecule has 6 heteroatoms. The molecule has 0 spiro atoms. The van der Waals surface area contributed by atoms with E-state index in [2.05, 4.69) is 37.5 Å². The molecule has 2 aromatic carbocycles. The number of alkyl halides is 6. The molecule has 4 aliphatic carbocycles. The molecule has 4 fully saturated rings. The van der Waals surface area contributed by atoms with Crippen LogP contribution in [-0.4, -0.2) is 0 Å². The van der Waals surface area contributed by atoms with Crippen molar-refractivity contribution in [1.29, 1.82) is 0 Å². The third kappa shape index (κ3) is 16.2. The lowest BCUT2D eigenvalue weighted by atomic mass is 9.69. The fraction of sp³-hybridized carbons (Fsp3) is 0.698. The molecule has 4 saturated carbocycles. The minimum atomic E-state index is -4.28. The molecular formula is C53H72F6. The van der Waals surface area contributed by atoms with Gasteiger partial charge in [-0.25, -0.2) is 0 Å². The smallest absolute Gasteiger partial charge is 0.166 e. The van der Waals surface area contributed by atoms with Gasteiger partial charge in [0, 0.05) is 23.0 Å². The zero-order valence-corrected chi connectivity index (χ0v) is 36.2. The molecule has 0 nitrogen and oxygen atoms in total. The Bertz CT molecular complexity index is 1580. The summed E-state index contributed by atoms with van der Waals surface area (Å²) in [6, 6.07) is 10.5. The van der Waals surface area contributed by atoms with E-state index in [1.54, 1.807) is 0 Å². The third-order valence-electron chi connectivity index (χ3n) is 14.6. The van der Waals surface area contributed by atoms with Crippen LogP contribution < -0.4 is 0 Å². The predicted octanol–water partition coefficient (Wildman–Crippen LogP) is 16.9. The van der Waals surface area contributed by atoms with Crippen molar-refractivity contribution in [1.82, 2.24) is 0 Å². The fourth-order valence-corrected chi connectivity index (χ4v) is 10.8. The lowest BCUT2D eigenvalue weighted by Crippen LogP contribution is -2.25. The second-order valence-electron chi connectivity index (χ2n) is 18.8. The van der Waals surface area contributed by atoms with Gasteiger partial charge in [0.25, 0.3) is 0 Å². The van der Waals surface area contributed by atoms with Crippen molar-refractivity contribution in [3.63, 3.8) is 0 Å². The quantitative estimate of drug-likeness (QED) is 0.120. The normalized spacial score (nSPS) is 27.6. The zero-order valence-electron chi connectivity index (χ0n) is 36.2. The molecule has 0 unspecified atom stereocenters. The number of halogens is 6. The van der Waals surface area contributed by atoms with Crippen LogP contribution in [0.1, 0.15) is 197 Å². The first-order valence-electron chi connectivity index (χ1n) is 23.8. The van der Waals surface area contributed by atoms with Crippen LogP contribution in [-0.2, 0) is 12.4 Å². The van der Waals surface area contributed by atoms with E-state index >= 15 is 0 Å². The minimum absolute atomic E-state index is 0.401. The predicted molar refractivity (Wildman–Crippen MR) is 231 cm³/mol. The molecule has 0 N–H and O–H groups in total. The van der Waals surface area contributed by atoms with Crippen LogP contribution in [0.3, 0.4) is 0 Å². The first-order valence-corrected chi connectivity index (χ1v) is 23.8. The Morgan fingerprint density at radius 2 is 0.712 bits per heavy atom. The number of hydrogen-bond donors (Lipinski definition) is 0. The van der Waals surface area contributed by atoms with Crippen molar-refractivity contribution < 1.29 is 26.3 Å². The Morgan fingerprint density at radius 3 is 1.03 bits per heavy atom. The molecule has 0 radical (unpaired) electrons. The summed E-state index contributed by atoms with van der Waals surface area (Å²) in [6.45, 7) is 4.56. The van der Waals surface area contributed by atoms with Crippen LogP contribution in [0.4, 0.5) is 26.3 Å². The summed E-state index contributed by atoms with van der Waals surface area (Å²) in [5.41, 5.74) is 0.150. The van der Waals surface area contributed by atoms with Gasteiger partial charge < -0.3 is 0 Å². The molecule has 0 heterocycles. The van der Waals surface area contributed by atoms with Gasteiger partial charge in [-0.3, -0.25) is 0 Å². The van der Waals surface area contributed by atoms with Crippen molar-refractivity contribution in [2.24, 2.45) is 47.3 Å². The highest BCUT2D eigenvalue weighted by Crippen LogP contribution is 2.44. The van der Waals surface area contributed by atoms with Gasteiger partial charge in [-0.05, 0) is 161 Å². The van der Waals surface area contributed by atoms with E-state index < -0.39 is 23.5 Å². The molecule has 0 bridgehead atoms. The fourth-order valence-electron chi connectivity index (χ4n) is 10.8. The topological polar surface area (TPSA) is 0 Å². The molecule has 2 aromatic rings. The van der Waals surface area contributed by atoms with Gasteiger partial charge >= 0.3 is 12.4 Å². The Balaban J connectivity index is 0.000000224. The third-order valence-corrected chi connectivity index (χ3v) is 14.6. The number of hydrogen-bond acceptors (Lipinski definition) is 0. The minimum Gasteiger partial charge on any atom is -0.166 e. The molecule has 0 amide bonds. The second kappa shape index (κ2) is 24.0. The first kappa shape index (κ1) is 47.2. The molecule has 6 rings (SSSR count). The van der Waals surface area contributed by atoms with Crippen molar-refractivity contribution in [3.8, 4) is 23.7 Å². The molecular weight excluding hydrogens is 751 g/mol. The number of benzene rings is 2. The van der Waals surface area contributed by atoms with E-state index in [1.807, 2.05) is 0 Å². The lowest BCUT2D eigenvalue weighted by Gasteiger charge is -2.37. The monoisotopic (exact) mass is 823 g/mol. The maximum absolute atomic E-state index is 12.7. The van der Waals surface area contributed by atoms with Gasteiger partial charge in [0.15, 0.2) is 0 Å². The SMILES string of the molecule is CCCCCC[C@H]1CC[C@H](C2CCC(C#Cc3ccc(C(F)(F)F)cc3)CC2)CC1.CCCCC[C@H]1CC[C@H](C2CCC(C#Cc3ccc(C(F)(F)F)cc3)CC2)CC1. The Labute approximate surface area is 353 Å². The largest absolute Gasteiger partial charge is 0.416 e. The molecule has 0 saturated heterocycles. The van der Waals surface area contributed by atoms with Crippen LogP contribution in [0.5, 0.6) is 0 Å². The van der Waals surface area contributed by atoms with Crippen LogP contribution in [0.2, 0.25) is 0 Å². The summed E-state index contributed by atoms with van der Waals surface area (Å²) in [4.78, 5) is 0. The van der Waals surface area contributed by atoms with E-state index in [1.165, 1.54) is 159 Å². The Kier molecular flexibility index (Phi) is 19.2. The van der Waals surface area contributed by atoms with Crippen LogP contribution in [0, 0.1) is 71.0 Å². The number of unbranched alkanes of at least 4 members (excludes halogenated alkanes) is 5. The van der Waals surface area contributed by atoms with E-state index in [0.717, 1.165) is 85.5 Å². The molecule has 59 heavy (non-hydrogen) atoms. The summed E-state index contributed by atoms with van der Waals surface area (Å²) < 4.78 is 75.9. The zero-order chi connectivity index (χ0) is 42.1. The summed E-state index contributed by atoms with van der Waals surface area (Å²) in [5, 5.41) is 0.